The molecule has 0 radical (unpaired) electrons. The minimum Gasteiger partial charge on any atom is -0.365 e. The Hall–Kier alpha value is -1.25. The van der Waals surface area contributed by atoms with Crippen LogP contribution in [-0.2, 0) is 0 Å². The molecular formula is C17H27N3. The fourth-order valence-corrected chi connectivity index (χ4v) is 2.54. The van der Waals surface area contributed by atoms with E-state index in [0.29, 0.717) is 0 Å². The molecule has 3 heteroatoms. The smallest absolute Gasteiger partial charge is 0.130 e. The first-order valence-electron chi connectivity index (χ1n) is 8.00. The normalized spacial score (nSPS) is 18.9. The van der Waals surface area contributed by atoms with Gasteiger partial charge in [0.1, 0.15) is 11.6 Å². The molecule has 0 atom stereocenters. The molecule has 110 valence electrons. The van der Waals surface area contributed by atoms with Gasteiger partial charge in [0.2, 0.25) is 0 Å². The standard InChI is InChI=1S/C17H27N3/c1-17(2,3)19-15-5-4-6-16(18-15)20(11-13-7-8-13)12-14-9-10-14/h4-6,13-14H,7-12H2,1-3H3,(H,18,19). The topological polar surface area (TPSA) is 28.2 Å². The summed E-state index contributed by atoms with van der Waals surface area (Å²) in [6, 6.07) is 6.36. The molecule has 1 N–H and O–H groups in total. The van der Waals surface area contributed by atoms with E-state index in [-0.39, 0.29) is 5.54 Å². The summed E-state index contributed by atoms with van der Waals surface area (Å²) in [7, 11) is 0. The van der Waals surface area contributed by atoms with E-state index < -0.39 is 0 Å². The number of hydrogen-bond donors (Lipinski definition) is 1. The van der Waals surface area contributed by atoms with Gasteiger partial charge in [0.25, 0.3) is 0 Å². The predicted octanol–water partition coefficient (Wildman–Crippen LogP) is 3.92. The Morgan fingerprint density at radius 2 is 1.70 bits per heavy atom. The van der Waals surface area contributed by atoms with Gasteiger partial charge in [0.15, 0.2) is 0 Å². The summed E-state index contributed by atoms with van der Waals surface area (Å²) >= 11 is 0. The van der Waals surface area contributed by atoms with Crippen molar-refractivity contribution in [3.05, 3.63) is 18.2 Å². The number of aromatic nitrogens is 1. The Balaban J connectivity index is 1.72. The van der Waals surface area contributed by atoms with E-state index in [1.54, 1.807) is 0 Å². The van der Waals surface area contributed by atoms with Crippen molar-refractivity contribution >= 4 is 11.6 Å². The highest BCUT2D eigenvalue weighted by molar-refractivity contribution is 5.48. The Bertz CT molecular complexity index is 442. The molecule has 20 heavy (non-hydrogen) atoms. The molecule has 1 heterocycles. The second-order valence-corrected chi connectivity index (χ2v) is 7.55. The molecule has 1 aromatic rings. The van der Waals surface area contributed by atoms with Gasteiger partial charge in [-0.05, 0) is 70.4 Å². The van der Waals surface area contributed by atoms with E-state index >= 15 is 0 Å². The summed E-state index contributed by atoms with van der Waals surface area (Å²) in [6.45, 7) is 8.92. The van der Waals surface area contributed by atoms with Gasteiger partial charge in [-0.25, -0.2) is 4.98 Å². The average molecular weight is 273 g/mol. The predicted molar refractivity (Wildman–Crippen MR) is 85.3 cm³/mol. The van der Waals surface area contributed by atoms with Gasteiger partial charge in [-0.3, -0.25) is 0 Å². The van der Waals surface area contributed by atoms with E-state index in [1.165, 1.54) is 38.8 Å². The van der Waals surface area contributed by atoms with Crippen molar-refractivity contribution in [2.75, 3.05) is 23.3 Å². The van der Waals surface area contributed by atoms with Crippen LogP contribution < -0.4 is 10.2 Å². The highest BCUT2D eigenvalue weighted by atomic mass is 15.2. The SMILES string of the molecule is CC(C)(C)Nc1cccc(N(CC2CC2)CC2CC2)n1. The number of hydrogen-bond acceptors (Lipinski definition) is 3. The Labute approximate surface area is 122 Å². The van der Waals surface area contributed by atoms with Crippen molar-refractivity contribution in [1.82, 2.24) is 4.98 Å². The fraction of sp³-hybridized carbons (Fsp3) is 0.706. The lowest BCUT2D eigenvalue weighted by Gasteiger charge is -2.26. The van der Waals surface area contributed by atoms with Crippen LogP contribution in [0.2, 0.25) is 0 Å². The number of rotatable bonds is 6. The third kappa shape index (κ3) is 4.12. The lowest BCUT2D eigenvalue weighted by molar-refractivity contribution is 0.628. The van der Waals surface area contributed by atoms with Crippen LogP contribution in [0.1, 0.15) is 46.5 Å². The van der Waals surface area contributed by atoms with Crippen molar-refractivity contribution in [2.24, 2.45) is 11.8 Å². The molecule has 2 aliphatic carbocycles. The van der Waals surface area contributed by atoms with Gasteiger partial charge in [-0.2, -0.15) is 0 Å². The van der Waals surface area contributed by atoms with Crippen LogP contribution in [0, 0.1) is 11.8 Å². The van der Waals surface area contributed by atoms with Crippen LogP contribution in [0.3, 0.4) is 0 Å². The van der Waals surface area contributed by atoms with Crippen LogP contribution in [-0.4, -0.2) is 23.6 Å². The summed E-state index contributed by atoms with van der Waals surface area (Å²) in [6.07, 6.45) is 5.62. The number of nitrogens with zero attached hydrogens (tertiary/aromatic N) is 2. The molecule has 0 unspecified atom stereocenters. The van der Waals surface area contributed by atoms with Gasteiger partial charge in [0.05, 0.1) is 0 Å². The van der Waals surface area contributed by atoms with Gasteiger partial charge in [0, 0.05) is 18.6 Å². The lowest BCUT2D eigenvalue weighted by atomic mass is 10.1. The zero-order chi connectivity index (χ0) is 14.2. The fourth-order valence-electron chi connectivity index (χ4n) is 2.54. The average Bonchev–Trinajstić information content (AvgIpc) is 3.21. The summed E-state index contributed by atoms with van der Waals surface area (Å²) in [5.74, 6) is 3.97. The number of nitrogens with one attached hydrogen (secondary N) is 1. The van der Waals surface area contributed by atoms with E-state index in [0.717, 1.165) is 23.5 Å². The third-order valence-electron chi connectivity index (χ3n) is 3.91. The summed E-state index contributed by atoms with van der Waals surface area (Å²) in [5, 5.41) is 3.48. The largest absolute Gasteiger partial charge is 0.365 e. The molecule has 2 fully saturated rings. The molecule has 3 rings (SSSR count). The monoisotopic (exact) mass is 273 g/mol. The molecule has 0 aromatic carbocycles. The van der Waals surface area contributed by atoms with Crippen molar-refractivity contribution < 1.29 is 0 Å². The van der Waals surface area contributed by atoms with Crippen LogP contribution >= 0.6 is 0 Å². The molecule has 0 amide bonds. The van der Waals surface area contributed by atoms with E-state index in [9.17, 15) is 0 Å². The maximum absolute atomic E-state index is 4.83. The van der Waals surface area contributed by atoms with Crippen molar-refractivity contribution in [1.29, 1.82) is 0 Å². The maximum Gasteiger partial charge on any atom is 0.130 e. The van der Waals surface area contributed by atoms with Gasteiger partial charge < -0.3 is 10.2 Å². The van der Waals surface area contributed by atoms with Crippen LogP contribution in [0.15, 0.2) is 18.2 Å². The first kappa shape index (κ1) is 13.7. The second-order valence-electron chi connectivity index (χ2n) is 7.55. The molecule has 3 nitrogen and oxygen atoms in total. The number of pyridine rings is 1. The molecule has 0 bridgehead atoms. The minimum absolute atomic E-state index is 0.0590. The molecule has 0 spiro atoms. The van der Waals surface area contributed by atoms with Crippen molar-refractivity contribution in [3.8, 4) is 0 Å². The first-order valence-corrected chi connectivity index (χ1v) is 8.00. The van der Waals surface area contributed by atoms with E-state index in [2.05, 4.69) is 49.2 Å². The van der Waals surface area contributed by atoms with Gasteiger partial charge in [-0.15, -0.1) is 0 Å². The van der Waals surface area contributed by atoms with Gasteiger partial charge in [-0.1, -0.05) is 6.07 Å². The second kappa shape index (κ2) is 5.27. The Morgan fingerprint density at radius 1 is 1.10 bits per heavy atom. The molecule has 0 saturated heterocycles. The highest BCUT2D eigenvalue weighted by Gasteiger charge is 2.29. The Kier molecular flexibility index (Phi) is 3.61. The van der Waals surface area contributed by atoms with Crippen molar-refractivity contribution in [2.45, 2.75) is 52.0 Å². The summed E-state index contributed by atoms with van der Waals surface area (Å²) < 4.78 is 0. The third-order valence-corrected chi connectivity index (χ3v) is 3.91. The molecule has 2 saturated carbocycles. The van der Waals surface area contributed by atoms with E-state index in [4.69, 9.17) is 4.98 Å². The van der Waals surface area contributed by atoms with Gasteiger partial charge >= 0.3 is 0 Å². The van der Waals surface area contributed by atoms with Crippen LogP contribution in [0.4, 0.5) is 11.6 Å². The lowest BCUT2D eigenvalue weighted by Crippen LogP contribution is -2.30. The zero-order valence-corrected chi connectivity index (χ0v) is 13.0. The van der Waals surface area contributed by atoms with E-state index in [1.807, 2.05) is 0 Å². The zero-order valence-electron chi connectivity index (χ0n) is 13.0. The molecular weight excluding hydrogens is 246 g/mol. The van der Waals surface area contributed by atoms with Crippen LogP contribution in [0.25, 0.3) is 0 Å². The van der Waals surface area contributed by atoms with Crippen LogP contribution in [0.5, 0.6) is 0 Å². The Morgan fingerprint density at radius 3 is 2.20 bits per heavy atom. The number of anilines is 2. The molecule has 1 aromatic heterocycles. The van der Waals surface area contributed by atoms with Crippen molar-refractivity contribution in [3.63, 3.8) is 0 Å². The molecule has 0 aliphatic heterocycles. The summed E-state index contributed by atoms with van der Waals surface area (Å²) in [5.41, 5.74) is 0.0590. The maximum atomic E-state index is 4.83. The quantitative estimate of drug-likeness (QED) is 0.851. The first-order chi connectivity index (χ1) is 9.49. The summed E-state index contributed by atoms with van der Waals surface area (Å²) in [4.78, 5) is 7.35. The molecule has 2 aliphatic rings. The highest BCUT2D eigenvalue weighted by Crippen LogP contribution is 2.35. The minimum atomic E-state index is 0.0590.